The number of rotatable bonds is 4. The molecule has 0 bridgehead atoms. The third-order valence-electron chi connectivity index (χ3n) is 2.94. The van der Waals surface area contributed by atoms with Crippen LogP contribution >= 0.6 is 15.9 Å². The van der Waals surface area contributed by atoms with Crippen LogP contribution < -0.4 is 5.32 Å². The molecule has 1 aromatic carbocycles. The summed E-state index contributed by atoms with van der Waals surface area (Å²) in [6, 6.07) is 5.31. The summed E-state index contributed by atoms with van der Waals surface area (Å²) in [5.41, 5.74) is 0.784. The van der Waals surface area contributed by atoms with Crippen molar-refractivity contribution in [2.45, 2.75) is 31.5 Å². The number of benzene rings is 1. The molecular weight excluding hydrogens is 288 g/mol. The molecule has 0 aromatic heterocycles. The van der Waals surface area contributed by atoms with Gasteiger partial charge in [0, 0.05) is 28.7 Å². The Morgan fingerprint density at radius 1 is 1.53 bits per heavy atom. The number of nitro groups is 1. The highest BCUT2D eigenvalue weighted by Gasteiger charge is 2.27. The molecule has 5 nitrogen and oxygen atoms in total. The van der Waals surface area contributed by atoms with E-state index in [4.69, 9.17) is 5.11 Å². The normalized spacial score (nSPS) is 23.2. The zero-order valence-electron chi connectivity index (χ0n) is 9.10. The van der Waals surface area contributed by atoms with Crippen LogP contribution in [-0.2, 0) is 6.54 Å². The molecule has 1 aromatic rings. The SMILES string of the molecule is O=[N+]([O-])c1cc(Br)ccc1CNC1CC(O)C1. The molecule has 0 radical (unpaired) electrons. The second kappa shape index (κ2) is 5.12. The summed E-state index contributed by atoms with van der Waals surface area (Å²) >= 11 is 3.22. The molecular formula is C11H13BrN2O3. The van der Waals surface area contributed by atoms with Gasteiger partial charge in [-0.1, -0.05) is 15.9 Å². The van der Waals surface area contributed by atoms with Crippen LogP contribution in [0.1, 0.15) is 18.4 Å². The lowest BCUT2D eigenvalue weighted by Gasteiger charge is -2.32. The smallest absolute Gasteiger partial charge is 0.275 e. The first-order valence-electron chi connectivity index (χ1n) is 5.40. The number of hydrogen-bond acceptors (Lipinski definition) is 4. The fourth-order valence-electron chi connectivity index (χ4n) is 1.87. The molecule has 0 saturated heterocycles. The first-order valence-corrected chi connectivity index (χ1v) is 6.20. The van der Waals surface area contributed by atoms with Gasteiger partial charge in [-0.25, -0.2) is 0 Å². The van der Waals surface area contributed by atoms with E-state index in [1.165, 1.54) is 6.07 Å². The number of hydrogen-bond donors (Lipinski definition) is 2. The van der Waals surface area contributed by atoms with E-state index >= 15 is 0 Å². The standard InChI is InChI=1S/C11H13BrN2O3/c12-8-2-1-7(11(3-8)14(16)17)6-13-9-4-10(15)5-9/h1-3,9-10,13,15H,4-6H2. The van der Waals surface area contributed by atoms with E-state index in [2.05, 4.69) is 21.2 Å². The lowest BCUT2D eigenvalue weighted by atomic mass is 9.89. The van der Waals surface area contributed by atoms with E-state index in [9.17, 15) is 10.1 Å². The van der Waals surface area contributed by atoms with Crippen LogP contribution in [-0.4, -0.2) is 22.2 Å². The Morgan fingerprint density at radius 2 is 2.24 bits per heavy atom. The van der Waals surface area contributed by atoms with Crippen molar-refractivity contribution >= 4 is 21.6 Å². The number of aliphatic hydroxyl groups is 1. The van der Waals surface area contributed by atoms with Crippen molar-refractivity contribution in [3.63, 3.8) is 0 Å². The van der Waals surface area contributed by atoms with Gasteiger partial charge in [0.1, 0.15) is 0 Å². The molecule has 6 heteroatoms. The molecule has 0 amide bonds. The minimum Gasteiger partial charge on any atom is -0.393 e. The molecule has 17 heavy (non-hydrogen) atoms. The van der Waals surface area contributed by atoms with Gasteiger partial charge in [-0.15, -0.1) is 0 Å². The quantitative estimate of drug-likeness (QED) is 0.658. The molecule has 0 heterocycles. The lowest BCUT2D eigenvalue weighted by Crippen LogP contribution is -2.43. The molecule has 0 atom stereocenters. The zero-order chi connectivity index (χ0) is 12.4. The van der Waals surface area contributed by atoms with Crippen LogP contribution in [0.15, 0.2) is 22.7 Å². The molecule has 0 unspecified atom stereocenters. The van der Waals surface area contributed by atoms with Crippen molar-refractivity contribution in [1.82, 2.24) is 5.32 Å². The summed E-state index contributed by atoms with van der Waals surface area (Å²) in [7, 11) is 0. The van der Waals surface area contributed by atoms with Crippen LogP contribution in [0, 0.1) is 10.1 Å². The highest BCUT2D eigenvalue weighted by atomic mass is 79.9. The van der Waals surface area contributed by atoms with Crippen molar-refractivity contribution in [2.75, 3.05) is 0 Å². The maximum Gasteiger partial charge on any atom is 0.275 e. The Balaban J connectivity index is 2.02. The van der Waals surface area contributed by atoms with E-state index in [1.54, 1.807) is 12.1 Å². The first kappa shape index (κ1) is 12.5. The van der Waals surface area contributed by atoms with Crippen LogP contribution in [0.4, 0.5) is 5.69 Å². The molecule has 1 aliphatic rings. The predicted molar refractivity (Wildman–Crippen MR) is 66.7 cm³/mol. The predicted octanol–water partition coefficient (Wildman–Crippen LogP) is 1.97. The zero-order valence-corrected chi connectivity index (χ0v) is 10.7. The second-order valence-corrected chi connectivity index (χ2v) is 5.15. The molecule has 1 saturated carbocycles. The summed E-state index contributed by atoms with van der Waals surface area (Å²) in [4.78, 5) is 10.5. The maximum absolute atomic E-state index is 10.9. The van der Waals surface area contributed by atoms with Crippen molar-refractivity contribution in [3.05, 3.63) is 38.3 Å². The van der Waals surface area contributed by atoms with E-state index in [0.29, 0.717) is 16.6 Å². The topological polar surface area (TPSA) is 75.4 Å². The van der Waals surface area contributed by atoms with E-state index in [0.717, 1.165) is 12.8 Å². The Labute approximate surface area is 107 Å². The molecule has 0 spiro atoms. The van der Waals surface area contributed by atoms with E-state index in [1.807, 2.05) is 0 Å². The van der Waals surface area contributed by atoms with Crippen LogP contribution in [0.3, 0.4) is 0 Å². The molecule has 2 rings (SSSR count). The van der Waals surface area contributed by atoms with E-state index < -0.39 is 0 Å². The van der Waals surface area contributed by atoms with Crippen molar-refractivity contribution < 1.29 is 10.0 Å². The Kier molecular flexibility index (Phi) is 3.76. The van der Waals surface area contributed by atoms with Gasteiger partial charge < -0.3 is 10.4 Å². The Morgan fingerprint density at radius 3 is 2.82 bits per heavy atom. The van der Waals surface area contributed by atoms with Gasteiger partial charge in [0.05, 0.1) is 11.0 Å². The van der Waals surface area contributed by atoms with Crippen molar-refractivity contribution in [2.24, 2.45) is 0 Å². The third kappa shape index (κ3) is 3.02. The van der Waals surface area contributed by atoms with Gasteiger partial charge in [-0.05, 0) is 25.0 Å². The molecule has 1 fully saturated rings. The van der Waals surface area contributed by atoms with Crippen LogP contribution in [0.5, 0.6) is 0 Å². The van der Waals surface area contributed by atoms with E-state index in [-0.39, 0.29) is 22.8 Å². The molecule has 1 aliphatic carbocycles. The van der Waals surface area contributed by atoms with Gasteiger partial charge >= 0.3 is 0 Å². The summed E-state index contributed by atoms with van der Waals surface area (Å²) in [5.74, 6) is 0. The summed E-state index contributed by atoms with van der Waals surface area (Å²) in [5, 5.41) is 23.2. The fourth-order valence-corrected chi connectivity index (χ4v) is 2.21. The number of nitro benzene ring substituents is 1. The number of halogens is 1. The lowest BCUT2D eigenvalue weighted by molar-refractivity contribution is -0.385. The highest BCUT2D eigenvalue weighted by Crippen LogP contribution is 2.25. The number of aliphatic hydroxyl groups excluding tert-OH is 1. The average Bonchev–Trinajstić information content (AvgIpc) is 2.24. The third-order valence-corrected chi connectivity index (χ3v) is 3.43. The Hall–Kier alpha value is -0.980. The van der Waals surface area contributed by atoms with Crippen LogP contribution in [0.25, 0.3) is 0 Å². The van der Waals surface area contributed by atoms with Crippen molar-refractivity contribution in [3.8, 4) is 0 Å². The van der Waals surface area contributed by atoms with Gasteiger partial charge in [0.15, 0.2) is 0 Å². The molecule has 0 aliphatic heterocycles. The first-order chi connectivity index (χ1) is 8.06. The summed E-state index contributed by atoms with van der Waals surface area (Å²) < 4.78 is 0.701. The van der Waals surface area contributed by atoms with Crippen LogP contribution in [0.2, 0.25) is 0 Å². The Bertz CT molecular complexity index is 433. The van der Waals surface area contributed by atoms with Gasteiger partial charge in [0.2, 0.25) is 0 Å². The fraction of sp³-hybridized carbons (Fsp3) is 0.455. The van der Waals surface area contributed by atoms with Gasteiger partial charge in [-0.2, -0.15) is 0 Å². The van der Waals surface area contributed by atoms with Gasteiger partial charge in [0.25, 0.3) is 5.69 Å². The molecule has 92 valence electrons. The minimum absolute atomic E-state index is 0.117. The second-order valence-electron chi connectivity index (χ2n) is 4.23. The average molecular weight is 301 g/mol. The number of nitrogens with one attached hydrogen (secondary N) is 1. The largest absolute Gasteiger partial charge is 0.393 e. The minimum atomic E-state index is -0.378. The van der Waals surface area contributed by atoms with Crippen molar-refractivity contribution in [1.29, 1.82) is 0 Å². The summed E-state index contributed by atoms with van der Waals surface area (Å²) in [6.45, 7) is 0.459. The highest BCUT2D eigenvalue weighted by molar-refractivity contribution is 9.10. The number of nitrogens with zero attached hydrogens (tertiary/aromatic N) is 1. The molecule has 2 N–H and O–H groups in total. The van der Waals surface area contributed by atoms with Gasteiger partial charge in [-0.3, -0.25) is 10.1 Å². The monoisotopic (exact) mass is 300 g/mol. The maximum atomic E-state index is 10.9. The summed E-state index contributed by atoms with van der Waals surface area (Å²) in [6.07, 6.45) is 1.24.